The summed E-state index contributed by atoms with van der Waals surface area (Å²) in [7, 11) is -0.382. The van der Waals surface area contributed by atoms with Gasteiger partial charge >= 0.3 is 7.12 Å². The van der Waals surface area contributed by atoms with Gasteiger partial charge < -0.3 is 9.31 Å². The Bertz CT molecular complexity index is 1180. The zero-order chi connectivity index (χ0) is 18.8. The molecule has 0 unspecified atom stereocenters. The molecule has 0 aliphatic carbocycles. The number of rotatable bonds is 1. The van der Waals surface area contributed by atoms with Crippen LogP contribution in [-0.4, -0.2) is 18.3 Å². The highest BCUT2D eigenvalue weighted by Crippen LogP contribution is 2.38. The van der Waals surface area contributed by atoms with Gasteiger partial charge in [0.1, 0.15) is 0 Å². The van der Waals surface area contributed by atoms with Crippen LogP contribution < -0.4 is 5.46 Å². The smallest absolute Gasteiger partial charge is 0.399 e. The molecular formula is C24H23BO2. The first-order valence-corrected chi connectivity index (χ1v) is 9.56. The van der Waals surface area contributed by atoms with Crippen LogP contribution >= 0.6 is 0 Å². The van der Waals surface area contributed by atoms with Gasteiger partial charge in [-0.25, -0.2) is 0 Å². The van der Waals surface area contributed by atoms with Gasteiger partial charge in [0.15, 0.2) is 0 Å². The number of hydrogen-bond donors (Lipinski definition) is 0. The van der Waals surface area contributed by atoms with Gasteiger partial charge in [-0.3, -0.25) is 0 Å². The molecule has 1 saturated heterocycles. The molecule has 134 valence electrons. The minimum absolute atomic E-state index is 0.361. The Balaban J connectivity index is 1.89. The first-order valence-electron chi connectivity index (χ1n) is 9.56. The maximum Gasteiger partial charge on any atom is 0.495 e. The van der Waals surface area contributed by atoms with Crippen molar-refractivity contribution in [3.63, 3.8) is 0 Å². The van der Waals surface area contributed by atoms with Crippen molar-refractivity contribution in [3.8, 4) is 0 Å². The predicted octanol–water partition coefficient (Wildman–Crippen LogP) is 5.45. The van der Waals surface area contributed by atoms with E-state index in [1.807, 2.05) is 0 Å². The normalized spacial score (nSPS) is 18.6. The molecule has 0 bridgehead atoms. The van der Waals surface area contributed by atoms with Crippen LogP contribution in [0.25, 0.3) is 32.3 Å². The van der Waals surface area contributed by atoms with Crippen molar-refractivity contribution in [2.45, 2.75) is 38.9 Å². The van der Waals surface area contributed by atoms with Gasteiger partial charge in [0, 0.05) is 0 Å². The molecule has 27 heavy (non-hydrogen) atoms. The molecule has 4 aromatic carbocycles. The molecule has 0 spiro atoms. The second-order valence-electron chi connectivity index (χ2n) is 8.48. The molecule has 0 N–H and O–H groups in total. The lowest BCUT2D eigenvalue weighted by molar-refractivity contribution is 0.00578. The molecule has 1 fully saturated rings. The van der Waals surface area contributed by atoms with Gasteiger partial charge in [0.2, 0.25) is 0 Å². The second kappa shape index (κ2) is 5.57. The molecule has 5 rings (SSSR count). The van der Waals surface area contributed by atoms with Gasteiger partial charge in [0.05, 0.1) is 11.2 Å². The Kier molecular flexibility index (Phi) is 3.47. The minimum Gasteiger partial charge on any atom is -0.399 e. The van der Waals surface area contributed by atoms with E-state index in [0.29, 0.717) is 0 Å². The van der Waals surface area contributed by atoms with Gasteiger partial charge in [-0.2, -0.15) is 0 Å². The molecule has 3 heteroatoms. The fourth-order valence-electron chi connectivity index (χ4n) is 4.07. The van der Waals surface area contributed by atoms with E-state index in [-0.39, 0.29) is 18.3 Å². The largest absolute Gasteiger partial charge is 0.495 e. The van der Waals surface area contributed by atoms with Crippen LogP contribution in [0.5, 0.6) is 0 Å². The van der Waals surface area contributed by atoms with E-state index in [1.165, 1.54) is 32.3 Å². The molecule has 0 atom stereocenters. The third-order valence-corrected chi connectivity index (χ3v) is 6.29. The number of fused-ring (bicyclic) bond motifs is 5. The van der Waals surface area contributed by atoms with Crippen LogP contribution in [0.3, 0.4) is 0 Å². The highest BCUT2D eigenvalue weighted by atomic mass is 16.7. The van der Waals surface area contributed by atoms with Crippen molar-refractivity contribution >= 4 is 44.9 Å². The maximum absolute atomic E-state index is 6.43. The molecule has 0 amide bonds. The maximum atomic E-state index is 6.43. The number of benzene rings is 4. The van der Waals surface area contributed by atoms with Crippen molar-refractivity contribution in [1.29, 1.82) is 0 Å². The molecule has 1 heterocycles. The molecular weight excluding hydrogens is 331 g/mol. The first-order chi connectivity index (χ1) is 12.9. The number of hydrogen-bond acceptors (Lipinski definition) is 2. The average molecular weight is 354 g/mol. The van der Waals surface area contributed by atoms with E-state index in [0.717, 1.165) is 5.46 Å². The van der Waals surface area contributed by atoms with E-state index in [1.54, 1.807) is 0 Å². The summed E-state index contributed by atoms with van der Waals surface area (Å²) in [6.07, 6.45) is 0. The Hall–Kier alpha value is -2.36. The zero-order valence-electron chi connectivity index (χ0n) is 16.2. The summed E-state index contributed by atoms with van der Waals surface area (Å²) in [6.45, 7) is 8.42. The SMILES string of the molecule is CC1(C)OB(c2cc3ccccc3c3ccc4ccccc4c23)OC1(C)C. The Morgan fingerprint density at radius 1 is 0.630 bits per heavy atom. The summed E-state index contributed by atoms with van der Waals surface area (Å²) in [4.78, 5) is 0. The Morgan fingerprint density at radius 2 is 1.22 bits per heavy atom. The monoisotopic (exact) mass is 354 g/mol. The van der Waals surface area contributed by atoms with Gasteiger partial charge in [0.25, 0.3) is 0 Å². The van der Waals surface area contributed by atoms with Crippen LogP contribution in [-0.2, 0) is 9.31 Å². The zero-order valence-corrected chi connectivity index (χ0v) is 16.2. The summed E-state index contributed by atoms with van der Waals surface area (Å²) >= 11 is 0. The molecule has 0 saturated carbocycles. The van der Waals surface area contributed by atoms with Crippen LogP contribution in [0.4, 0.5) is 0 Å². The highest BCUT2D eigenvalue weighted by Gasteiger charge is 2.52. The molecule has 1 aliphatic heterocycles. The van der Waals surface area contributed by atoms with E-state index >= 15 is 0 Å². The molecule has 0 aromatic heterocycles. The summed E-state index contributed by atoms with van der Waals surface area (Å²) in [5.74, 6) is 0. The Labute approximate surface area is 160 Å². The summed E-state index contributed by atoms with van der Waals surface area (Å²) in [5, 5.41) is 7.42. The molecule has 4 aromatic rings. The van der Waals surface area contributed by atoms with Crippen LogP contribution in [0.15, 0.2) is 66.7 Å². The second-order valence-corrected chi connectivity index (χ2v) is 8.48. The fourth-order valence-corrected chi connectivity index (χ4v) is 4.07. The minimum atomic E-state index is -0.382. The van der Waals surface area contributed by atoms with Crippen molar-refractivity contribution in [1.82, 2.24) is 0 Å². The lowest BCUT2D eigenvalue weighted by Crippen LogP contribution is -2.41. The van der Waals surface area contributed by atoms with Crippen molar-refractivity contribution in [2.75, 3.05) is 0 Å². The van der Waals surface area contributed by atoms with E-state index in [2.05, 4.69) is 94.4 Å². The topological polar surface area (TPSA) is 18.5 Å². The van der Waals surface area contributed by atoms with E-state index < -0.39 is 0 Å². The lowest BCUT2D eigenvalue weighted by Gasteiger charge is -2.32. The van der Waals surface area contributed by atoms with Gasteiger partial charge in [-0.05, 0) is 65.5 Å². The van der Waals surface area contributed by atoms with Crippen molar-refractivity contribution in [3.05, 3.63) is 66.7 Å². The Morgan fingerprint density at radius 3 is 1.93 bits per heavy atom. The van der Waals surface area contributed by atoms with E-state index in [9.17, 15) is 0 Å². The molecule has 2 nitrogen and oxygen atoms in total. The van der Waals surface area contributed by atoms with Gasteiger partial charge in [-0.1, -0.05) is 66.7 Å². The van der Waals surface area contributed by atoms with Crippen LogP contribution in [0.2, 0.25) is 0 Å². The van der Waals surface area contributed by atoms with Crippen LogP contribution in [0.1, 0.15) is 27.7 Å². The summed E-state index contributed by atoms with van der Waals surface area (Å²) < 4.78 is 12.9. The van der Waals surface area contributed by atoms with Gasteiger partial charge in [-0.15, -0.1) is 0 Å². The van der Waals surface area contributed by atoms with Crippen LogP contribution in [0, 0.1) is 0 Å². The predicted molar refractivity (Wildman–Crippen MR) is 115 cm³/mol. The summed E-state index contributed by atoms with van der Waals surface area (Å²) in [5.41, 5.74) is 0.389. The molecule has 0 radical (unpaired) electrons. The summed E-state index contributed by atoms with van der Waals surface area (Å²) in [6, 6.07) is 23.8. The average Bonchev–Trinajstić information content (AvgIpc) is 2.88. The van der Waals surface area contributed by atoms with Crippen molar-refractivity contribution in [2.24, 2.45) is 0 Å². The quantitative estimate of drug-likeness (QED) is 0.334. The first kappa shape index (κ1) is 16.8. The fraction of sp³-hybridized carbons (Fsp3) is 0.250. The standard InChI is InChI=1S/C24H23BO2/c1-23(2)24(3,4)27-25(26-23)21-15-17-10-6-7-11-18(17)20-14-13-16-9-5-8-12-19(16)22(20)21/h5-15H,1-4H3. The van der Waals surface area contributed by atoms with Crippen molar-refractivity contribution < 1.29 is 9.31 Å². The highest BCUT2D eigenvalue weighted by molar-refractivity contribution is 6.66. The molecule has 1 aliphatic rings. The third kappa shape index (κ3) is 2.42. The van der Waals surface area contributed by atoms with E-state index in [4.69, 9.17) is 9.31 Å². The third-order valence-electron chi connectivity index (χ3n) is 6.29. The lowest BCUT2D eigenvalue weighted by atomic mass is 9.73.